The highest BCUT2D eigenvalue weighted by Crippen LogP contribution is 2.52. The highest BCUT2D eigenvalue weighted by molar-refractivity contribution is 7.10. The molecule has 8 heteroatoms. The van der Waals surface area contributed by atoms with Gasteiger partial charge in [0.1, 0.15) is 5.39 Å². The molecule has 4 N–H and O–H groups in total. The van der Waals surface area contributed by atoms with Gasteiger partial charge in [0.25, 0.3) is 5.56 Å². The monoisotopic (exact) mass is 472 g/mol. The summed E-state index contributed by atoms with van der Waals surface area (Å²) in [6.45, 7) is 1.66. The summed E-state index contributed by atoms with van der Waals surface area (Å²) in [6.07, 6.45) is 6.20. The fourth-order valence-corrected chi connectivity index (χ4v) is 7.56. The summed E-state index contributed by atoms with van der Waals surface area (Å²) in [4.78, 5) is 24.7. The Bertz CT molecular complexity index is 1430. The van der Waals surface area contributed by atoms with Crippen molar-refractivity contribution in [1.29, 1.82) is 0 Å². The van der Waals surface area contributed by atoms with Crippen LogP contribution in [0.2, 0.25) is 0 Å². The van der Waals surface area contributed by atoms with Crippen molar-refractivity contribution in [3.05, 3.63) is 73.8 Å². The zero-order valence-corrected chi connectivity index (χ0v) is 19.8. The van der Waals surface area contributed by atoms with E-state index in [1.807, 2.05) is 0 Å². The third-order valence-corrected chi connectivity index (χ3v) is 9.80. The number of benzene rings is 1. The molecule has 1 spiro atoms. The van der Waals surface area contributed by atoms with E-state index < -0.39 is 0 Å². The molecule has 1 saturated carbocycles. The van der Waals surface area contributed by atoms with E-state index in [4.69, 9.17) is 10.7 Å². The topological polar surface area (TPSA) is 104 Å². The van der Waals surface area contributed by atoms with E-state index in [0.717, 1.165) is 57.3 Å². The molecule has 2 aliphatic carbocycles. The summed E-state index contributed by atoms with van der Waals surface area (Å²) in [7, 11) is 0. The maximum absolute atomic E-state index is 13.3. The Morgan fingerprint density at radius 1 is 1.09 bits per heavy atom. The molecule has 34 heavy (non-hydrogen) atoms. The normalized spacial score (nSPS) is 22.7. The molecule has 1 aromatic carbocycles. The van der Waals surface area contributed by atoms with Gasteiger partial charge < -0.3 is 10.6 Å². The minimum atomic E-state index is -0.159. The van der Waals surface area contributed by atoms with Crippen LogP contribution in [0.4, 0.5) is 5.95 Å². The lowest BCUT2D eigenvalue weighted by Gasteiger charge is -2.42. The molecule has 7 nitrogen and oxygen atoms in total. The van der Waals surface area contributed by atoms with Gasteiger partial charge >= 0.3 is 0 Å². The average Bonchev–Trinajstić information content (AvgIpc) is 3.55. The highest BCUT2D eigenvalue weighted by Gasteiger charge is 2.47. The number of hydrogen-bond acceptors (Lipinski definition) is 6. The van der Waals surface area contributed by atoms with Crippen LogP contribution in [0.25, 0.3) is 11.0 Å². The second kappa shape index (κ2) is 7.26. The number of nitrogens with one attached hydrogen (secondary N) is 2. The van der Waals surface area contributed by atoms with Gasteiger partial charge in [0.15, 0.2) is 5.65 Å². The fourth-order valence-electron chi connectivity index (χ4n) is 6.57. The second-order valence-corrected chi connectivity index (χ2v) is 11.2. The minimum absolute atomic E-state index is 0.0754. The van der Waals surface area contributed by atoms with Crippen LogP contribution in [0.3, 0.4) is 0 Å². The molecule has 1 saturated heterocycles. The molecule has 1 atom stereocenters. The van der Waals surface area contributed by atoms with Crippen LogP contribution >= 0.6 is 11.3 Å². The van der Waals surface area contributed by atoms with Crippen LogP contribution in [0.15, 0.2) is 46.6 Å². The van der Waals surface area contributed by atoms with Gasteiger partial charge in [-0.3, -0.25) is 14.9 Å². The Kier molecular flexibility index (Phi) is 4.36. The van der Waals surface area contributed by atoms with Crippen LogP contribution in [0.5, 0.6) is 0 Å². The van der Waals surface area contributed by atoms with E-state index in [9.17, 15) is 4.79 Å². The molecular weight excluding hydrogens is 444 g/mol. The van der Waals surface area contributed by atoms with Gasteiger partial charge in [-0.2, -0.15) is 10.1 Å². The Labute approximate surface area is 201 Å². The molecule has 0 amide bonds. The lowest BCUT2D eigenvalue weighted by atomic mass is 9.65. The average molecular weight is 473 g/mol. The van der Waals surface area contributed by atoms with E-state index in [-0.39, 0.29) is 22.4 Å². The Balaban J connectivity index is 1.18. The first-order chi connectivity index (χ1) is 16.6. The van der Waals surface area contributed by atoms with Gasteiger partial charge in [-0.05, 0) is 60.1 Å². The van der Waals surface area contributed by atoms with Crippen LogP contribution in [0.1, 0.15) is 59.8 Å². The number of fused-ring (bicyclic) bond motifs is 2. The molecule has 3 aromatic heterocycles. The predicted octanol–water partition coefficient (Wildman–Crippen LogP) is 4.02. The summed E-state index contributed by atoms with van der Waals surface area (Å²) in [5, 5.41) is 10.4. The van der Waals surface area contributed by atoms with Crippen LogP contribution < -0.4 is 16.2 Å². The summed E-state index contributed by atoms with van der Waals surface area (Å²) >= 11 is 1.74. The highest BCUT2D eigenvalue weighted by atomic mass is 32.1. The molecule has 0 bridgehead atoms. The van der Waals surface area contributed by atoms with E-state index in [2.05, 4.69) is 61.9 Å². The number of aromatic amines is 2. The molecular formula is C26H28N6OS. The number of piperidine rings is 1. The Morgan fingerprint density at radius 3 is 2.62 bits per heavy atom. The number of anilines is 1. The molecule has 3 aliphatic rings. The van der Waals surface area contributed by atoms with Crippen LogP contribution in [-0.4, -0.2) is 33.3 Å². The minimum Gasteiger partial charge on any atom is -0.342 e. The number of H-pyrrole nitrogens is 2. The molecule has 2 fully saturated rings. The summed E-state index contributed by atoms with van der Waals surface area (Å²) in [5.74, 6) is 0.630. The SMILES string of the molecule is N[C@@H]1c2ccccc2CC12CCN(c1nc3[nH]nc(C4(c5cccs5)CCC4)c3c(=O)[nH]1)CC2. The van der Waals surface area contributed by atoms with Gasteiger partial charge in [0.05, 0.1) is 5.69 Å². The number of nitrogens with two attached hydrogens (primary N) is 1. The summed E-state index contributed by atoms with van der Waals surface area (Å²) < 4.78 is 0. The lowest BCUT2D eigenvalue weighted by Crippen LogP contribution is -2.45. The zero-order chi connectivity index (χ0) is 22.9. The van der Waals surface area contributed by atoms with Crippen molar-refractivity contribution in [3.63, 3.8) is 0 Å². The Morgan fingerprint density at radius 2 is 1.91 bits per heavy atom. The second-order valence-electron chi connectivity index (χ2n) is 10.3. The third-order valence-electron chi connectivity index (χ3n) is 8.72. The molecule has 4 heterocycles. The predicted molar refractivity (Wildman–Crippen MR) is 134 cm³/mol. The first-order valence-electron chi connectivity index (χ1n) is 12.2. The molecule has 7 rings (SSSR count). The molecule has 174 valence electrons. The number of rotatable bonds is 3. The number of thiophene rings is 1. The summed E-state index contributed by atoms with van der Waals surface area (Å²) in [5.41, 5.74) is 10.7. The standard InChI is InChI=1S/C26H28N6OS/c27-20-17-6-2-1-5-16(17)15-25(20)10-12-32(13-11-25)24-28-22-19(23(33)29-24)21(30-31-22)26(8-4-9-26)18-7-3-14-34-18/h1-3,5-7,14,20H,4,8-13,15,27H2,(H2,28,29,30,31,33)/t20-/m1/s1. The van der Waals surface area contributed by atoms with Crippen molar-refractivity contribution in [2.75, 3.05) is 18.0 Å². The van der Waals surface area contributed by atoms with Crippen LogP contribution in [-0.2, 0) is 11.8 Å². The van der Waals surface area contributed by atoms with E-state index in [0.29, 0.717) is 17.0 Å². The molecule has 4 aromatic rings. The lowest BCUT2D eigenvalue weighted by molar-refractivity contribution is 0.187. The van der Waals surface area contributed by atoms with Crippen molar-refractivity contribution in [3.8, 4) is 0 Å². The first kappa shape index (κ1) is 20.4. The quantitative estimate of drug-likeness (QED) is 0.418. The van der Waals surface area contributed by atoms with E-state index in [1.165, 1.54) is 16.0 Å². The zero-order valence-electron chi connectivity index (χ0n) is 19.0. The van der Waals surface area contributed by atoms with Gasteiger partial charge in [-0.15, -0.1) is 11.3 Å². The third kappa shape index (κ3) is 2.75. The molecule has 0 unspecified atom stereocenters. The van der Waals surface area contributed by atoms with E-state index >= 15 is 0 Å². The smallest absolute Gasteiger partial charge is 0.263 e. The Hall–Kier alpha value is -2.97. The number of aromatic nitrogens is 4. The van der Waals surface area contributed by atoms with E-state index in [1.54, 1.807) is 11.3 Å². The maximum atomic E-state index is 13.3. The van der Waals surface area contributed by atoms with Gasteiger partial charge in [0, 0.05) is 29.4 Å². The first-order valence-corrected chi connectivity index (χ1v) is 13.1. The van der Waals surface area contributed by atoms with Crippen molar-refractivity contribution in [2.24, 2.45) is 11.1 Å². The molecule has 1 aliphatic heterocycles. The number of hydrogen-bond donors (Lipinski definition) is 3. The van der Waals surface area contributed by atoms with Gasteiger partial charge in [-0.1, -0.05) is 36.8 Å². The van der Waals surface area contributed by atoms with Crippen molar-refractivity contribution in [1.82, 2.24) is 20.2 Å². The summed E-state index contributed by atoms with van der Waals surface area (Å²) in [6, 6.07) is 12.9. The number of nitrogens with zero attached hydrogens (tertiary/aromatic N) is 3. The molecule has 0 radical (unpaired) electrons. The fraction of sp³-hybridized carbons (Fsp3) is 0.423. The van der Waals surface area contributed by atoms with Crippen molar-refractivity contribution >= 4 is 28.3 Å². The van der Waals surface area contributed by atoms with Crippen molar-refractivity contribution < 1.29 is 0 Å². The van der Waals surface area contributed by atoms with Crippen LogP contribution in [0, 0.1) is 5.41 Å². The maximum Gasteiger partial charge on any atom is 0.263 e. The largest absolute Gasteiger partial charge is 0.342 e. The van der Waals surface area contributed by atoms with Gasteiger partial charge in [-0.25, -0.2) is 0 Å². The van der Waals surface area contributed by atoms with Crippen molar-refractivity contribution in [2.45, 2.75) is 50.0 Å². The van der Waals surface area contributed by atoms with Gasteiger partial charge in [0.2, 0.25) is 5.95 Å².